The molecular weight excluding hydrogens is 256 g/mol. The topological polar surface area (TPSA) is 63.6 Å². The fraction of sp³-hybridized carbons (Fsp3) is 0.500. The minimum absolute atomic E-state index is 0.0462. The second kappa shape index (κ2) is 6.07. The van der Waals surface area contributed by atoms with Crippen LogP contribution in [0.3, 0.4) is 0 Å². The number of carbonyl (C=O) groups excluding carboxylic acids is 1. The van der Waals surface area contributed by atoms with E-state index in [9.17, 15) is 9.59 Å². The molecule has 1 fully saturated rings. The summed E-state index contributed by atoms with van der Waals surface area (Å²) in [7, 11) is 0. The molecule has 1 N–H and O–H groups in total. The largest absolute Gasteiger partial charge is 0.491 e. The van der Waals surface area contributed by atoms with Crippen LogP contribution in [0.25, 0.3) is 0 Å². The molecule has 0 amide bonds. The van der Waals surface area contributed by atoms with Crippen LogP contribution >= 0.6 is 0 Å². The van der Waals surface area contributed by atoms with E-state index in [0.29, 0.717) is 24.8 Å². The van der Waals surface area contributed by atoms with Crippen LogP contribution in [0.15, 0.2) is 24.3 Å². The predicted octanol–water partition coefficient (Wildman–Crippen LogP) is 3.16. The zero-order valence-corrected chi connectivity index (χ0v) is 11.8. The summed E-state index contributed by atoms with van der Waals surface area (Å²) in [5, 5.41) is 8.98. The number of benzene rings is 1. The summed E-state index contributed by atoms with van der Waals surface area (Å²) in [6, 6.07) is 7.09. The van der Waals surface area contributed by atoms with Gasteiger partial charge in [-0.2, -0.15) is 0 Å². The molecule has 4 heteroatoms. The predicted molar refractivity (Wildman–Crippen MR) is 75.0 cm³/mol. The molecule has 0 saturated heterocycles. The van der Waals surface area contributed by atoms with E-state index in [4.69, 9.17) is 9.84 Å². The molecule has 0 aromatic heterocycles. The number of ether oxygens (including phenoxy) is 1. The Morgan fingerprint density at radius 1 is 1.15 bits per heavy atom. The number of carboxylic acids is 1. The van der Waals surface area contributed by atoms with Gasteiger partial charge in [0.25, 0.3) is 0 Å². The van der Waals surface area contributed by atoms with Crippen LogP contribution in [0, 0.1) is 11.8 Å². The fourth-order valence-corrected chi connectivity index (χ4v) is 2.65. The minimum Gasteiger partial charge on any atom is -0.491 e. The van der Waals surface area contributed by atoms with Crippen molar-refractivity contribution >= 4 is 11.8 Å². The zero-order chi connectivity index (χ0) is 14.7. The maximum atomic E-state index is 12.3. The third-order valence-corrected chi connectivity index (χ3v) is 3.66. The lowest BCUT2D eigenvalue weighted by atomic mass is 9.95. The van der Waals surface area contributed by atoms with Gasteiger partial charge in [0.05, 0.1) is 12.0 Å². The maximum Gasteiger partial charge on any atom is 0.306 e. The number of hydrogen-bond donors (Lipinski definition) is 1. The molecule has 0 spiro atoms. The Labute approximate surface area is 118 Å². The molecule has 1 aromatic carbocycles. The van der Waals surface area contributed by atoms with Gasteiger partial charge in [0.15, 0.2) is 5.78 Å². The van der Waals surface area contributed by atoms with Gasteiger partial charge >= 0.3 is 5.97 Å². The number of ketones is 1. The summed E-state index contributed by atoms with van der Waals surface area (Å²) in [6.45, 7) is 3.90. The molecule has 2 atom stereocenters. The Bertz CT molecular complexity index is 490. The molecule has 0 heterocycles. The molecule has 2 unspecified atom stereocenters. The molecule has 4 nitrogen and oxygen atoms in total. The fourth-order valence-electron chi connectivity index (χ4n) is 2.65. The van der Waals surface area contributed by atoms with Crippen molar-refractivity contribution in [2.45, 2.75) is 39.2 Å². The first kappa shape index (κ1) is 14.6. The van der Waals surface area contributed by atoms with Gasteiger partial charge in [-0.1, -0.05) is 0 Å². The van der Waals surface area contributed by atoms with Crippen molar-refractivity contribution in [3.8, 4) is 5.75 Å². The molecule has 1 aromatic rings. The van der Waals surface area contributed by atoms with Crippen molar-refractivity contribution in [1.82, 2.24) is 0 Å². The summed E-state index contributed by atoms with van der Waals surface area (Å²) >= 11 is 0. The Kier molecular flexibility index (Phi) is 4.42. The lowest BCUT2D eigenvalue weighted by Gasteiger charge is -2.11. The van der Waals surface area contributed by atoms with E-state index >= 15 is 0 Å². The lowest BCUT2D eigenvalue weighted by Crippen LogP contribution is -2.14. The summed E-state index contributed by atoms with van der Waals surface area (Å²) in [5.74, 6) is -0.530. The number of carbonyl (C=O) groups is 2. The molecule has 1 saturated carbocycles. The van der Waals surface area contributed by atoms with Gasteiger partial charge in [0.2, 0.25) is 0 Å². The standard InChI is InChI=1S/C16H20O4/c1-10(2)20-14-7-5-11(6-8-14)15(17)12-3-4-13(9-12)16(18)19/h5-8,10,12-13H,3-4,9H2,1-2H3,(H,18,19). The van der Waals surface area contributed by atoms with E-state index in [-0.39, 0.29) is 23.7 Å². The normalized spacial score (nSPS) is 21.9. The first-order valence-corrected chi connectivity index (χ1v) is 7.01. The van der Waals surface area contributed by atoms with Crippen LogP contribution in [0.2, 0.25) is 0 Å². The highest BCUT2D eigenvalue weighted by atomic mass is 16.5. The first-order chi connectivity index (χ1) is 9.47. The average molecular weight is 276 g/mol. The number of Topliss-reactive ketones (excluding diaryl/α,β-unsaturated/α-hetero) is 1. The zero-order valence-electron chi connectivity index (χ0n) is 11.8. The van der Waals surface area contributed by atoms with E-state index in [2.05, 4.69) is 0 Å². The van der Waals surface area contributed by atoms with E-state index in [0.717, 1.165) is 5.75 Å². The highest BCUT2D eigenvalue weighted by Crippen LogP contribution is 2.33. The lowest BCUT2D eigenvalue weighted by molar-refractivity contribution is -0.141. The number of aliphatic carboxylic acids is 1. The Hall–Kier alpha value is -1.84. The van der Waals surface area contributed by atoms with Crippen molar-refractivity contribution in [2.24, 2.45) is 11.8 Å². The third-order valence-electron chi connectivity index (χ3n) is 3.66. The molecule has 108 valence electrons. The van der Waals surface area contributed by atoms with Crippen LogP contribution in [-0.2, 0) is 4.79 Å². The van der Waals surface area contributed by atoms with Gasteiger partial charge in [-0.3, -0.25) is 9.59 Å². The van der Waals surface area contributed by atoms with Gasteiger partial charge in [-0.05, 0) is 57.4 Å². The second-order valence-electron chi connectivity index (χ2n) is 5.60. The third kappa shape index (κ3) is 3.38. The van der Waals surface area contributed by atoms with Crippen molar-refractivity contribution in [3.05, 3.63) is 29.8 Å². The second-order valence-corrected chi connectivity index (χ2v) is 5.60. The Morgan fingerprint density at radius 3 is 2.25 bits per heavy atom. The molecule has 1 aliphatic carbocycles. The highest BCUT2D eigenvalue weighted by Gasteiger charge is 2.34. The number of rotatable bonds is 5. The smallest absolute Gasteiger partial charge is 0.306 e. The molecule has 0 aliphatic heterocycles. The van der Waals surface area contributed by atoms with E-state index in [1.54, 1.807) is 24.3 Å². The summed E-state index contributed by atoms with van der Waals surface area (Å²) in [5.41, 5.74) is 0.636. The average Bonchev–Trinajstić information content (AvgIpc) is 2.88. The van der Waals surface area contributed by atoms with Crippen LogP contribution in [-0.4, -0.2) is 23.0 Å². The molecule has 2 rings (SSSR count). The van der Waals surface area contributed by atoms with Gasteiger partial charge in [0, 0.05) is 11.5 Å². The summed E-state index contributed by atoms with van der Waals surface area (Å²) in [4.78, 5) is 23.2. The van der Waals surface area contributed by atoms with Gasteiger partial charge in [0.1, 0.15) is 5.75 Å². The molecular formula is C16H20O4. The quantitative estimate of drug-likeness (QED) is 0.839. The van der Waals surface area contributed by atoms with Crippen LogP contribution in [0.4, 0.5) is 0 Å². The van der Waals surface area contributed by atoms with E-state index in [1.807, 2.05) is 13.8 Å². The Morgan fingerprint density at radius 2 is 1.75 bits per heavy atom. The number of hydrogen-bond acceptors (Lipinski definition) is 3. The van der Waals surface area contributed by atoms with Crippen LogP contribution < -0.4 is 4.74 Å². The summed E-state index contributed by atoms with van der Waals surface area (Å²) in [6.07, 6.45) is 1.82. The Balaban J connectivity index is 2.01. The molecule has 0 radical (unpaired) electrons. The molecule has 1 aliphatic rings. The SMILES string of the molecule is CC(C)Oc1ccc(C(=O)C2CCC(C(=O)O)C2)cc1. The van der Waals surface area contributed by atoms with Gasteiger partial charge < -0.3 is 9.84 Å². The first-order valence-electron chi connectivity index (χ1n) is 7.01. The van der Waals surface area contributed by atoms with Crippen LogP contribution in [0.1, 0.15) is 43.5 Å². The van der Waals surface area contributed by atoms with Crippen molar-refractivity contribution < 1.29 is 19.4 Å². The molecule has 20 heavy (non-hydrogen) atoms. The molecule has 0 bridgehead atoms. The van der Waals surface area contributed by atoms with E-state index < -0.39 is 5.97 Å². The maximum absolute atomic E-state index is 12.3. The summed E-state index contributed by atoms with van der Waals surface area (Å²) < 4.78 is 5.53. The number of carboxylic acid groups (broad SMARTS) is 1. The van der Waals surface area contributed by atoms with Gasteiger partial charge in [-0.15, -0.1) is 0 Å². The van der Waals surface area contributed by atoms with Crippen molar-refractivity contribution in [2.75, 3.05) is 0 Å². The van der Waals surface area contributed by atoms with Gasteiger partial charge in [-0.25, -0.2) is 0 Å². The van der Waals surface area contributed by atoms with Crippen LogP contribution in [0.5, 0.6) is 5.75 Å². The monoisotopic (exact) mass is 276 g/mol. The van der Waals surface area contributed by atoms with Crippen molar-refractivity contribution in [3.63, 3.8) is 0 Å². The highest BCUT2D eigenvalue weighted by molar-refractivity contribution is 5.98. The van der Waals surface area contributed by atoms with Crippen molar-refractivity contribution in [1.29, 1.82) is 0 Å². The van der Waals surface area contributed by atoms with E-state index in [1.165, 1.54) is 0 Å². The minimum atomic E-state index is -0.791.